The molecule has 2 aromatic rings. The Morgan fingerprint density at radius 1 is 1.12 bits per heavy atom. The second-order valence-electron chi connectivity index (χ2n) is 3.73. The fraction of sp³-hybridized carbons (Fsp3) is 0.182. The molecule has 0 aliphatic rings. The molecule has 0 atom stereocenters. The van der Waals surface area contributed by atoms with Gasteiger partial charge < -0.3 is 5.73 Å². The molecular weight excluding hydrogens is 281 g/mol. The van der Waals surface area contributed by atoms with Gasteiger partial charge >= 0.3 is 0 Å². The zero-order chi connectivity index (χ0) is 12.7. The van der Waals surface area contributed by atoms with Crippen molar-refractivity contribution < 1.29 is 0 Å². The smallest absolute Gasteiger partial charge is 0.102 e. The molecule has 0 spiro atoms. The quantitative estimate of drug-likeness (QED) is 0.806. The number of hydrogen-bond acceptors (Lipinski definition) is 2. The fourth-order valence-electron chi connectivity index (χ4n) is 1.63. The van der Waals surface area contributed by atoms with Crippen molar-refractivity contribution >= 4 is 40.5 Å². The van der Waals surface area contributed by atoms with Crippen molar-refractivity contribution in [2.45, 2.75) is 13.8 Å². The van der Waals surface area contributed by atoms with Crippen LogP contribution in [0.25, 0.3) is 5.69 Å². The first-order valence-electron chi connectivity index (χ1n) is 4.88. The number of rotatable bonds is 1. The van der Waals surface area contributed by atoms with Crippen LogP contribution in [0.1, 0.15) is 11.4 Å². The van der Waals surface area contributed by atoms with E-state index in [2.05, 4.69) is 5.10 Å². The molecule has 0 bridgehead atoms. The van der Waals surface area contributed by atoms with Crippen LogP contribution in [0.4, 0.5) is 5.69 Å². The largest absolute Gasteiger partial charge is 0.399 e. The highest BCUT2D eigenvalue weighted by molar-refractivity contribution is 6.38. The van der Waals surface area contributed by atoms with Gasteiger partial charge in [0.1, 0.15) is 5.69 Å². The van der Waals surface area contributed by atoms with Gasteiger partial charge in [0, 0.05) is 5.69 Å². The Kier molecular flexibility index (Phi) is 3.25. The van der Waals surface area contributed by atoms with E-state index in [-0.39, 0.29) is 0 Å². The number of nitrogens with two attached hydrogens (primary N) is 1. The van der Waals surface area contributed by atoms with Crippen LogP contribution >= 0.6 is 34.8 Å². The van der Waals surface area contributed by atoms with E-state index >= 15 is 0 Å². The standard InChI is InChI=1S/C11H10Cl3N3/c1-5-10(14)6(2)17(16-5)11-8(12)3-7(15)4-9(11)13/h3-4H,15H2,1-2H3. The lowest BCUT2D eigenvalue weighted by molar-refractivity contribution is 0.834. The number of hydrogen-bond donors (Lipinski definition) is 1. The molecule has 90 valence electrons. The number of nitrogens with zero attached hydrogens (tertiary/aromatic N) is 2. The van der Waals surface area contributed by atoms with E-state index in [9.17, 15) is 0 Å². The highest BCUT2D eigenvalue weighted by Crippen LogP contribution is 2.33. The van der Waals surface area contributed by atoms with Gasteiger partial charge in [-0.3, -0.25) is 0 Å². The Morgan fingerprint density at radius 2 is 1.65 bits per heavy atom. The number of anilines is 1. The lowest BCUT2D eigenvalue weighted by atomic mass is 10.2. The molecular formula is C11H10Cl3N3. The molecule has 2 N–H and O–H groups in total. The van der Waals surface area contributed by atoms with Crippen molar-refractivity contribution in [3.05, 3.63) is 38.6 Å². The maximum Gasteiger partial charge on any atom is 0.102 e. The molecule has 17 heavy (non-hydrogen) atoms. The monoisotopic (exact) mass is 289 g/mol. The molecule has 0 amide bonds. The summed E-state index contributed by atoms with van der Waals surface area (Å²) in [7, 11) is 0. The van der Waals surface area contributed by atoms with Gasteiger partial charge in [-0.15, -0.1) is 0 Å². The first-order chi connectivity index (χ1) is 7.91. The summed E-state index contributed by atoms with van der Waals surface area (Å²) in [4.78, 5) is 0. The third-order valence-electron chi connectivity index (χ3n) is 2.45. The summed E-state index contributed by atoms with van der Waals surface area (Å²) in [5.41, 5.74) is 8.28. The molecule has 0 aliphatic carbocycles. The van der Waals surface area contributed by atoms with Crippen LogP contribution in [0, 0.1) is 13.8 Å². The van der Waals surface area contributed by atoms with E-state index in [0.717, 1.165) is 11.4 Å². The molecule has 1 aromatic carbocycles. The van der Waals surface area contributed by atoms with Crippen LogP contribution < -0.4 is 5.73 Å². The van der Waals surface area contributed by atoms with Gasteiger partial charge in [-0.05, 0) is 26.0 Å². The van der Waals surface area contributed by atoms with Crippen molar-refractivity contribution in [3.8, 4) is 5.69 Å². The Balaban J connectivity index is 2.73. The Hall–Kier alpha value is -0.900. The SMILES string of the molecule is Cc1nn(-c2c(Cl)cc(N)cc2Cl)c(C)c1Cl. The summed E-state index contributed by atoms with van der Waals surface area (Å²) < 4.78 is 1.63. The second-order valence-corrected chi connectivity index (χ2v) is 4.92. The van der Waals surface area contributed by atoms with Crippen molar-refractivity contribution in [3.63, 3.8) is 0 Å². The lowest BCUT2D eigenvalue weighted by Gasteiger charge is -2.10. The summed E-state index contributed by atoms with van der Waals surface area (Å²) in [5, 5.41) is 5.80. The van der Waals surface area contributed by atoms with Crippen LogP contribution in [-0.4, -0.2) is 9.78 Å². The molecule has 2 rings (SSSR count). The minimum absolute atomic E-state index is 0.442. The lowest BCUT2D eigenvalue weighted by Crippen LogP contribution is -2.02. The number of aryl methyl sites for hydroxylation is 1. The average Bonchev–Trinajstić information content (AvgIpc) is 2.45. The minimum Gasteiger partial charge on any atom is -0.399 e. The van der Waals surface area contributed by atoms with Gasteiger partial charge in [0.15, 0.2) is 0 Å². The third kappa shape index (κ3) is 2.10. The van der Waals surface area contributed by atoms with Gasteiger partial charge in [0.2, 0.25) is 0 Å². The Bertz CT molecular complexity index is 567. The molecule has 0 aliphatic heterocycles. The molecule has 0 unspecified atom stereocenters. The van der Waals surface area contributed by atoms with Crippen LogP contribution in [0.5, 0.6) is 0 Å². The summed E-state index contributed by atoms with van der Waals surface area (Å²) >= 11 is 18.4. The highest BCUT2D eigenvalue weighted by atomic mass is 35.5. The topological polar surface area (TPSA) is 43.8 Å². The molecule has 1 aromatic heterocycles. The third-order valence-corrected chi connectivity index (χ3v) is 3.58. The van der Waals surface area contributed by atoms with Crippen LogP contribution in [0.15, 0.2) is 12.1 Å². The molecule has 0 fully saturated rings. The van der Waals surface area contributed by atoms with Crippen LogP contribution in [0.2, 0.25) is 15.1 Å². The van der Waals surface area contributed by atoms with E-state index in [1.54, 1.807) is 16.8 Å². The van der Waals surface area contributed by atoms with Gasteiger partial charge in [-0.25, -0.2) is 4.68 Å². The fourth-order valence-corrected chi connectivity index (χ4v) is 2.41. The number of benzene rings is 1. The van der Waals surface area contributed by atoms with E-state index in [1.165, 1.54) is 0 Å². The summed E-state index contributed by atoms with van der Waals surface area (Å²) in [6.45, 7) is 3.68. The van der Waals surface area contributed by atoms with Crippen molar-refractivity contribution in [2.75, 3.05) is 5.73 Å². The van der Waals surface area contributed by atoms with E-state index < -0.39 is 0 Å². The molecule has 0 saturated heterocycles. The summed E-state index contributed by atoms with van der Waals surface area (Å²) in [5.74, 6) is 0. The number of halogens is 3. The van der Waals surface area contributed by atoms with E-state index in [4.69, 9.17) is 40.5 Å². The van der Waals surface area contributed by atoms with Crippen molar-refractivity contribution in [1.82, 2.24) is 9.78 Å². The van der Waals surface area contributed by atoms with Gasteiger partial charge in [-0.2, -0.15) is 5.10 Å². The maximum absolute atomic E-state index is 6.13. The molecule has 3 nitrogen and oxygen atoms in total. The summed E-state index contributed by atoms with van der Waals surface area (Å²) in [6, 6.07) is 3.26. The van der Waals surface area contributed by atoms with Gasteiger partial charge in [0.05, 0.1) is 26.5 Å². The predicted octanol–water partition coefficient (Wildman–Crippen LogP) is 4.03. The zero-order valence-corrected chi connectivity index (χ0v) is 11.5. The number of nitrogen functional groups attached to an aromatic ring is 1. The van der Waals surface area contributed by atoms with Crippen LogP contribution in [0.3, 0.4) is 0 Å². The zero-order valence-electron chi connectivity index (χ0n) is 9.26. The Morgan fingerprint density at radius 3 is 2.06 bits per heavy atom. The maximum atomic E-state index is 6.13. The van der Waals surface area contributed by atoms with Gasteiger partial charge in [0.25, 0.3) is 0 Å². The van der Waals surface area contributed by atoms with Gasteiger partial charge in [-0.1, -0.05) is 34.8 Å². The molecule has 0 radical (unpaired) electrons. The minimum atomic E-state index is 0.442. The van der Waals surface area contributed by atoms with E-state index in [0.29, 0.717) is 26.4 Å². The molecule has 0 saturated carbocycles. The predicted molar refractivity (Wildman–Crippen MR) is 72.5 cm³/mol. The first-order valence-corrected chi connectivity index (χ1v) is 6.02. The van der Waals surface area contributed by atoms with Crippen molar-refractivity contribution in [2.24, 2.45) is 0 Å². The molecule has 6 heteroatoms. The van der Waals surface area contributed by atoms with Crippen molar-refractivity contribution in [1.29, 1.82) is 0 Å². The second kappa shape index (κ2) is 4.41. The Labute approximate surface area is 114 Å². The normalized spacial score (nSPS) is 10.9. The average molecular weight is 291 g/mol. The highest BCUT2D eigenvalue weighted by Gasteiger charge is 2.16. The molecule has 1 heterocycles. The van der Waals surface area contributed by atoms with E-state index in [1.807, 2.05) is 13.8 Å². The summed E-state index contributed by atoms with van der Waals surface area (Å²) in [6.07, 6.45) is 0. The van der Waals surface area contributed by atoms with Crippen LogP contribution in [-0.2, 0) is 0 Å². The first kappa shape index (κ1) is 12.6. The number of aromatic nitrogens is 2.